The molecule has 0 saturated carbocycles. The molecule has 2 N–H and O–H groups in total. The van der Waals surface area contributed by atoms with Crippen molar-refractivity contribution in [3.8, 4) is 11.1 Å². The second kappa shape index (κ2) is 5.21. The lowest BCUT2D eigenvalue weighted by Gasteiger charge is -2.18. The second-order valence-corrected chi connectivity index (χ2v) is 7.16. The maximum absolute atomic E-state index is 12.7. The summed E-state index contributed by atoms with van der Waals surface area (Å²) in [6.45, 7) is 5.75. The number of Topliss-reactive ketones (excluding diaryl/α,β-unsaturated/α-hetero) is 1. The Morgan fingerprint density at radius 1 is 1.14 bits per heavy atom. The molecule has 0 saturated heterocycles. The van der Waals surface area contributed by atoms with E-state index in [-0.39, 0.29) is 5.78 Å². The number of carbonyl (C=O) groups excluding carboxylic acids is 1. The molecule has 2 heterocycles. The van der Waals surface area contributed by atoms with E-state index in [1.807, 2.05) is 44.4 Å². The molecule has 0 amide bonds. The molecule has 0 radical (unpaired) electrons. The molecule has 0 bridgehead atoms. The average molecular weight is 310 g/mol. The Balaban J connectivity index is 2.31. The molecule has 1 aromatic carbocycles. The van der Waals surface area contributed by atoms with Crippen molar-refractivity contribution in [2.75, 3.05) is 5.73 Å². The highest BCUT2D eigenvalue weighted by Gasteiger charge is 2.25. The first kappa shape index (κ1) is 14.7. The van der Waals surface area contributed by atoms with E-state index < -0.39 is 5.41 Å². The van der Waals surface area contributed by atoms with E-state index in [1.54, 1.807) is 17.4 Å². The molecule has 0 spiro atoms. The largest absolute Gasteiger partial charge is 0.384 e. The van der Waals surface area contributed by atoms with Gasteiger partial charge in [-0.05, 0) is 46.2 Å². The highest BCUT2D eigenvalue weighted by molar-refractivity contribution is 7.08. The van der Waals surface area contributed by atoms with Gasteiger partial charge in [-0.25, -0.2) is 4.98 Å². The fourth-order valence-corrected chi connectivity index (χ4v) is 3.14. The molecule has 22 heavy (non-hydrogen) atoms. The molecule has 3 aromatic rings. The lowest BCUT2D eigenvalue weighted by Crippen LogP contribution is -2.20. The first-order chi connectivity index (χ1) is 10.4. The zero-order chi connectivity index (χ0) is 15.9. The number of fused-ring (bicyclic) bond motifs is 1. The van der Waals surface area contributed by atoms with E-state index in [9.17, 15) is 4.79 Å². The molecule has 2 aromatic heterocycles. The van der Waals surface area contributed by atoms with E-state index >= 15 is 0 Å². The van der Waals surface area contributed by atoms with E-state index in [1.165, 1.54) is 0 Å². The normalized spacial score (nSPS) is 11.8. The number of rotatable bonds is 2. The molecule has 112 valence electrons. The van der Waals surface area contributed by atoms with Crippen LogP contribution in [-0.4, -0.2) is 10.8 Å². The quantitative estimate of drug-likeness (QED) is 0.693. The molecule has 3 rings (SSSR count). The number of nitrogens with two attached hydrogens (primary N) is 1. The van der Waals surface area contributed by atoms with Gasteiger partial charge in [0.2, 0.25) is 0 Å². The summed E-state index contributed by atoms with van der Waals surface area (Å²) in [5.41, 5.74) is 8.93. The summed E-state index contributed by atoms with van der Waals surface area (Å²) in [6.07, 6.45) is 0. The predicted octanol–water partition coefficient (Wildman–Crippen LogP) is 4.77. The summed E-state index contributed by atoms with van der Waals surface area (Å²) in [6, 6.07) is 9.67. The van der Waals surface area contributed by atoms with Gasteiger partial charge in [0.25, 0.3) is 0 Å². The Morgan fingerprint density at radius 2 is 1.91 bits per heavy atom. The Hall–Kier alpha value is -2.20. The number of ketones is 1. The van der Waals surface area contributed by atoms with Crippen molar-refractivity contribution in [1.82, 2.24) is 4.98 Å². The first-order valence-corrected chi connectivity index (χ1v) is 8.09. The van der Waals surface area contributed by atoms with Crippen LogP contribution in [0, 0.1) is 5.41 Å². The monoisotopic (exact) mass is 310 g/mol. The molecular weight excluding hydrogens is 292 g/mol. The summed E-state index contributed by atoms with van der Waals surface area (Å²) in [7, 11) is 0. The highest BCUT2D eigenvalue weighted by Crippen LogP contribution is 2.34. The number of benzene rings is 1. The fourth-order valence-electron chi connectivity index (χ4n) is 2.49. The summed E-state index contributed by atoms with van der Waals surface area (Å²) in [5, 5.41) is 5.10. The number of hydrogen-bond acceptors (Lipinski definition) is 4. The maximum atomic E-state index is 12.7. The summed E-state index contributed by atoms with van der Waals surface area (Å²) >= 11 is 1.65. The third kappa shape index (κ3) is 2.50. The maximum Gasteiger partial charge on any atom is 0.170 e. The van der Waals surface area contributed by atoms with E-state index in [0.717, 1.165) is 16.5 Å². The van der Waals surface area contributed by atoms with Crippen LogP contribution in [0.1, 0.15) is 31.1 Å². The molecule has 0 aliphatic heterocycles. The number of carbonyl (C=O) groups is 1. The van der Waals surface area contributed by atoms with Crippen molar-refractivity contribution < 1.29 is 4.79 Å². The van der Waals surface area contributed by atoms with Gasteiger partial charge in [0.15, 0.2) is 5.78 Å². The van der Waals surface area contributed by atoms with Crippen LogP contribution in [-0.2, 0) is 0 Å². The van der Waals surface area contributed by atoms with Gasteiger partial charge in [0, 0.05) is 16.4 Å². The molecule has 0 aliphatic rings. The standard InChI is InChI=1S/C18H18N2OS/c1-18(2,3)17(21)14-5-4-12(11-8-9-22-10-11)13-6-7-15(19)20-16(13)14/h4-10H,1-3H3,(H2,19,20). The Labute approximate surface area is 133 Å². The van der Waals surface area contributed by atoms with Gasteiger partial charge in [-0.1, -0.05) is 26.8 Å². The van der Waals surface area contributed by atoms with E-state index in [2.05, 4.69) is 16.4 Å². The van der Waals surface area contributed by atoms with Crippen molar-refractivity contribution >= 4 is 33.8 Å². The predicted molar refractivity (Wildman–Crippen MR) is 93.3 cm³/mol. The minimum Gasteiger partial charge on any atom is -0.384 e. The van der Waals surface area contributed by atoms with Gasteiger partial charge >= 0.3 is 0 Å². The van der Waals surface area contributed by atoms with Crippen molar-refractivity contribution in [1.29, 1.82) is 0 Å². The molecule has 0 aliphatic carbocycles. The van der Waals surface area contributed by atoms with Crippen LogP contribution in [0.4, 0.5) is 5.82 Å². The number of anilines is 1. The molecular formula is C18H18N2OS. The third-order valence-corrected chi connectivity index (χ3v) is 4.32. The molecule has 4 heteroatoms. The Kier molecular flexibility index (Phi) is 3.49. The zero-order valence-corrected chi connectivity index (χ0v) is 13.7. The molecule has 3 nitrogen and oxygen atoms in total. The van der Waals surface area contributed by atoms with E-state index in [0.29, 0.717) is 16.9 Å². The number of aromatic nitrogens is 1. The molecule has 0 fully saturated rings. The van der Waals surface area contributed by atoms with Crippen molar-refractivity contribution in [3.05, 3.63) is 46.7 Å². The fraction of sp³-hybridized carbons (Fsp3) is 0.222. The van der Waals surface area contributed by atoms with Gasteiger partial charge in [-0.3, -0.25) is 4.79 Å². The van der Waals surface area contributed by atoms with Crippen LogP contribution in [0.25, 0.3) is 22.0 Å². The molecule has 0 unspecified atom stereocenters. The average Bonchev–Trinajstić information content (AvgIpc) is 2.98. The van der Waals surface area contributed by atoms with Crippen LogP contribution < -0.4 is 5.73 Å². The van der Waals surface area contributed by atoms with Crippen molar-refractivity contribution in [3.63, 3.8) is 0 Å². The van der Waals surface area contributed by atoms with Gasteiger partial charge < -0.3 is 5.73 Å². The lowest BCUT2D eigenvalue weighted by molar-refractivity contribution is 0.0860. The summed E-state index contributed by atoms with van der Waals surface area (Å²) in [5.74, 6) is 0.505. The SMILES string of the molecule is CC(C)(C)C(=O)c1ccc(-c2ccsc2)c2ccc(N)nc12. The Bertz CT molecular complexity index is 845. The first-order valence-electron chi connectivity index (χ1n) is 7.14. The van der Waals surface area contributed by atoms with Crippen LogP contribution in [0.2, 0.25) is 0 Å². The number of thiophene rings is 1. The molecule has 0 atom stereocenters. The van der Waals surface area contributed by atoms with Gasteiger partial charge in [0.1, 0.15) is 5.82 Å². The van der Waals surface area contributed by atoms with Crippen molar-refractivity contribution in [2.45, 2.75) is 20.8 Å². The topological polar surface area (TPSA) is 56.0 Å². The van der Waals surface area contributed by atoms with Gasteiger partial charge in [0.05, 0.1) is 5.52 Å². The lowest BCUT2D eigenvalue weighted by atomic mass is 9.85. The number of pyridine rings is 1. The summed E-state index contributed by atoms with van der Waals surface area (Å²) in [4.78, 5) is 17.2. The van der Waals surface area contributed by atoms with Crippen LogP contribution in [0.3, 0.4) is 0 Å². The number of hydrogen-bond donors (Lipinski definition) is 1. The van der Waals surface area contributed by atoms with E-state index in [4.69, 9.17) is 5.73 Å². The van der Waals surface area contributed by atoms with Crippen LogP contribution in [0.15, 0.2) is 41.1 Å². The Morgan fingerprint density at radius 3 is 2.55 bits per heavy atom. The highest BCUT2D eigenvalue weighted by atomic mass is 32.1. The minimum atomic E-state index is -0.455. The van der Waals surface area contributed by atoms with Crippen LogP contribution in [0.5, 0.6) is 0 Å². The smallest absolute Gasteiger partial charge is 0.170 e. The minimum absolute atomic E-state index is 0.0764. The third-order valence-electron chi connectivity index (χ3n) is 3.64. The zero-order valence-electron chi connectivity index (χ0n) is 12.9. The second-order valence-electron chi connectivity index (χ2n) is 6.38. The van der Waals surface area contributed by atoms with Gasteiger partial charge in [-0.15, -0.1) is 0 Å². The van der Waals surface area contributed by atoms with Crippen molar-refractivity contribution in [2.24, 2.45) is 5.41 Å². The van der Waals surface area contributed by atoms with Gasteiger partial charge in [-0.2, -0.15) is 11.3 Å². The number of nitrogen functional groups attached to an aromatic ring is 1. The van der Waals surface area contributed by atoms with Crippen LogP contribution >= 0.6 is 11.3 Å². The number of nitrogens with zero attached hydrogens (tertiary/aromatic N) is 1. The summed E-state index contributed by atoms with van der Waals surface area (Å²) < 4.78 is 0.